The Bertz CT molecular complexity index is 1850. The number of aliphatic hydroxyl groups is 1. The Labute approximate surface area is 310 Å². The minimum atomic E-state index is -1.38. The Morgan fingerprint density at radius 3 is 2.09 bits per heavy atom. The van der Waals surface area contributed by atoms with Gasteiger partial charge in [-0.05, 0) is 44.7 Å². The van der Waals surface area contributed by atoms with Gasteiger partial charge in [-0.15, -0.1) is 0 Å². The maximum absolute atomic E-state index is 14.8. The van der Waals surface area contributed by atoms with Crippen molar-refractivity contribution in [2.75, 3.05) is 46.4 Å². The van der Waals surface area contributed by atoms with Crippen molar-refractivity contribution in [3.05, 3.63) is 114 Å². The number of ether oxygens (including phenoxy) is 3. The number of rotatable bonds is 9. The van der Waals surface area contributed by atoms with E-state index in [4.69, 9.17) is 19.2 Å². The zero-order valence-electron chi connectivity index (χ0n) is 30.9. The highest BCUT2D eigenvalue weighted by Crippen LogP contribution is 2.38. The van der Waals surface area contributed by atoms with E-state index in [9.17, 15) is 19.5 Å². The van der Waals surface area contributed by atoms with E-state index in [1.165, 1.54) is 7.11 Å². The molecule has 2 saturated heterocycles. The molecule has 0 radical (unpaired) electrons. The molecule has 6 rings (SSSR count). The van der Waals surface area contributed by atoms with Gasteiger partial charge < -0.3 is 38.6 Å². The number of benzene rings is 3. The third kappa shape index (κ3) is 8.89. The summed E-state index contributed by atoms with van der Waals surface area (Å²) in [7, 11) is 1.53. The van der Waals surface area contributed by atoms with Gasteiger partial charge >= 0.3 is 12.2 Å². The third-order valence-corrected chi connectivity index (χ3v) is 9.77. The first-order chi connectivity index (χ1) is 25.5. The molecule has 2 aliphatic heterocycles. The molecule has 2 aliphatic rings. The number of carbonyl (C=O) groups excluding carboxylic acids is 3. The summed E-state index contributed by atoms with van der Waals surface area (Å²) in [6.07, 6.45) is 1.39. The van der Waals surface area contributed by atoms with Gasteiger partial charge in [0.2, 0.25) is 0 Å². The second-order valence-electron chi connectivity index (χ2n) is 14.8. The van der Waals surface area contributed by atoms with Gasteiger partial charge in [0, 0.05) is 45.4 Å². The van der Waals surface area contributed by atoms with Crippen molar-refractivity contribution in [1.82, 2.24) is 24.3 Å². The van der Waals surface area contributed by atoms with Gasteiger partial charge in [0.05, 0.1) is 30.7 Å². The lowest BCUT2D eigenvalue weighted by atomic mass is 9.86. The summed E-state index contributed by atoms with van der Waals surface area (Å²) >= 11 is 0. The second-order valence-corrected chi connectivity index (χ2v) is 14.8. The molecule has 4 aromatic rings. The smallest absolute Gasteiger partial charge is 0.410 e. The van der Waals surface area contributed by atoms with Crippen LogP contribution in [0.15, 0.2) is 97.3 Å². The fourth-order valence-corrected chi connectivity index (χ4v) is 7.15. The van der Waals surface area contributed by atoms with E-state index in [-0.39, 0.29) is 63.5 Å². The van der Waals surface area contributed by atoms with Gasteiger partial charge in [-0.25, -0.2) is 14.6 Å². The number of nitrogens with zero attached hydrogens (tertiary/aromatic N) is 5. The Balaban J connectivity index is 1.33. The van der Waals surface area contributed by atoms with Gasteiger partial charge in [-0.2, -0.15) is 0 Å². The summed E-state index contributed by atoms with van der Waals surface area (Å²) < 4.78 is 18.7. The first kappa shape index (κ1) is 37.6. The van der Waals surface area contributed by atoms with Crippen LogP contribution in [0.4, 0.5) is 9.59 Å². The van der Waals surface area contributed by atoms with Gasteiger partial charge in [0.1, 0.15) is 17.8 Å². The Hall–Kier alpha value is -5.20. The number of amides is 3. The number of piperidine rings is 1. The normalized spacial score (nSPS) is 20.6. The third-order valence-electron chi connectivity index (χ3n) is 9.77. The lowest BCUT2D eigenvalue weighted by Gasteiger charge is -2.44. The molecule has 3 aromatic carbocycles. The second kappa shape index (κ2) is 16.2. The summed E-state index contributed by atoms with van der Waals surface area (Å²) in [4.78, 5) is 51.2. The summed E-state index contributed by atoms with van der Waals surface area (Å²) in [5.41, 5.74) is 1.31. The Morgan fingerprint density at radius 2 is 1.45 bits per heavy atom. The summed E-state index contributed by atoms with van der Waals surface area (Å²) in [5, 5.41) is 12.1. The number of hydrogen-bond acceptors (Lipinski definition) is 8. The van der Waals surface area contributed by atoms with Crippen LogP contribution in [-0.4, -0.2) is 111 Å². The van der Waals surface area contributed by atoms with Crippen molar-refractivity contribution in [3.8, 4) is 11.3 Å². The van der Waals surface area contributed by atoms with E-state index in [1.54, 1.807) is 25.6 Å². The van der Waals surface area contributed by atoms with Gasteiger partial charge in [-0.1, -0.05) is 91.0 Å². The van der Waals surface area contributed by atoms with Gasteiger partial charge in [0.15, 0.2) is 5.69 Å². The van der Waals surface area contributed by atoms with E-state index in [0.717, 1.165) is 16.7 Å². The minimum absolute atomic E-state index is 0.00599. The van der Waals surface area contributed by atoms with E-state index in [0.29, 0.717) is 18.7 Å². The van der Waals surface area contributed by atoms with Gasteiger partial charge in [-0.3, -0.25) is 4.79 Å². The lowest BCUT2D eigenvalue weighted by Crippen LogP contribution is -2.58. The average Bonchev–Trinajstić information content (AvgIpc) is 3.59. The Kier molecular flexibility index (Phi) is 11.5. The Morgan fingerprint density at radius 1 is 0.830 bits per heavy atom. The molecule has 0 spiro atoms. The average molecular weight is 724 g/mol. The zero-order chi connectivity index (χ0) is 37.6. The summed E-state index contributed by atoms with van der Waals surface area (Å²) in [5.74, 6) is -0.294. The molecule has 3 heterocycles. The standard InChI is InChI=1S/C41H49N5O7/c1-40(2,3)53-39(49)44-22-23-45(33(25-44)24-30-14-8-5-9-15-30)37(47)35-36(32-18-12-7-13-19-32)46(29-42-35)34-26-43(21-20-41(34,50)28-51-4)38(48)52-27-31-16-10-6-11-17-31/h5-19,29,33-34,50H,20-28H2,1-4H3/t33-,34?,41?/m1/s1. The van der Waals surface area contributed by atoms with Crippen LogP contribution in [0.3, 0.4) is 0 Å². The molecule has 1 N–H and O–H groups in total. The van der Waals surface area contributed by atoms with Crippen molar-refractivity contribution in [2.24, 2.45) is 0 Å². The largest absolute Gasteiger partial charge is 0.445 e. The number of carbonyl (C=O) groups is 3. The first-order valence-corrected chi connectivity index (χ1v) is 18.1. The molecule has 2 unspecified atom stereocenters. The van der Waals surface area contributed by atoms with Gasteiger partial charge in [0.25, 0.3) is 5.91 Å². The van der Waals surface area contributed by atoms with Crippen molar-refractivity contribution in [1.29, 1.82) is 0 Å². The van der Waals surface area contributed by atoms with E-state index in [1.807, 2.05) is 112 Å². The maximum Gasteiger partial charge on any atom is 0.410 e. The number of imidazole rings is 1. The molecular formula is C41H49N5O7. The predicted octanol–water partition coefficient (Wildman–Crippen LogP) is 5.82. The topological polar surface area (TPSA) is 127 Å². The molecule has 12 heteroatoms. The van der Waals surface area contributed by atoms with Crippen LogP contribution in [-0.2, 0) is 27.2 Å². The van der Waals surface area contributed by atoms with Crippen LogP contribution in [0.25, 0.3) is 11.3 Å². The first-order valence-electron chi connectivity index (χ1n) is 18.1. The fourth-order valence-electron chi connectivity index (χ4n) is 7.15. The lowest BCUT2D eigenvalue weighted by molar-refractivity contribution is -0.102. The summed E-state index contributed by atoms with van der Waals surface area (Å²) in [6.45, 7) is 6.84. The highest BCUT2D eigenvalue weighted by atomic mass is 16.6. The molecule has 0 aliphatic carbocycles. The molecule has 3 amide bonds. The molecular weight excluding hydrogens is 674 g/mol. The molecule has 1 aromatic heterocycles. The summed E-state index contributed by atoms with van der Waals surface area (Å²) in [6, 6.07) is 27.7. The predicted molar refractivity (Wildman–Crippen MR) is 199 cm³/mol. The van der Waals surface area contributed by atoms with Crippen LogP contribution in [0.5, 0.6) is 0 Å². The quantitative estimate of drug-likeness (QED) is 0.229. The minimum Gasteiger partial charge on any atom is -0.445 e. The van der Waals surface area contributed by atoms with Crippen molar-refractivity contribution >= 4 is 18.1 Å². The molecule has 0 saturated carbocycles. The van der Waals surface area contributed by atoms with E-state index >= 15 is 0 Å². The number of likely N-dealkylation sites (tertiary alicyclic amines) is 1. The van der Waals surface area contributed by atoms with Crippen molar-refractivity contribution < 1.29 is 33.7 Å². The maximum atomic E-state index is 14.8. The molecule has 280 valence electrons. The zero-order valence-corrected chi connectivity index (χ0v) is 30.9. The number of aromatic nitrogens is 2. The van der Waals surface area contributed by atoms with Crippen molar-refractivity contribution in [2.45, 2.75) is 63.5 Å². The van der Waals surface area contributed by atoms with Crippen LogP contribution in [0, 0.1) is 0 Å². The van der Waals surface area contributed by atoms with Crippen LogP contribution >= 0.6 is 0 Å². The molecule has 3 atom stereocenters. The number of piperazine rings is 1. The van der Waals surface area contributed by atoms with Crippen LogP contribution in [0.1, 0.15) is 54.8 Å². The monoisotopic (exact) mass is 723 g/mol. The molecule has 12 nitrogen and oxygen atoms in total. The van der Waals surface area contributed by atoms with Crippen molar-refractivity contribution in [3.63, 3.8) is 0 Å². The molecule has 0 bridgehead atoms. The SMILES string of the molecule is COCC1(O)CCN(C(=O)OCc2ccccc2)CC1n1cnc(C(=O)N2CCN(C(=O)OC(C)(C)C)C[C@H]2Cc2ccccc2)c1-c1ccccc1. The van der Waals surface area contributed by atoms with Crippen LogP contribution < -0.4 is 0 Å². The molecule has 2 fully saturated rings. The number of hydrogen-bond donors (Lipinski definition) is 1. The van der Waals surface area contributed by atoms with Crippen LogP contribution in [0.2, 0.25) is 0 Å². The highest BCUT2D eigenvalue weighted by molar-refractivity contribution is 5.98. The van der Waals surface area contributed by atoms with E-state index in [2.05, 4.69) is 0 Å². The van der Waals surface area contributed by atoms with E-state index < -0.39 is 29.4 Å². The fraction of sp³-hybridized carbons (Fsp3) is 0.415. The highest BCUT2D eigenvalue weighted by Gasteiger charge is 2.46. The molecule has 53 heavy (non-hydrogen) atoms. The number of methoxy groups -OCH3 is 1.